The molecule has 0 saturated heterocycles. The highest BCUT2D eigenvalue weighted by molar-refractivity contribution is 7.98. The molecule has 0 fully saturated rings. The molecule has 0 radical (unpaired) electrons. The number of rotatable bonds is 24. The molecule has 19 heteroatoms. The van der Waals surface area contributed by atoms with E-state index in [0.29, 0.717) is 16.9 Å². The van der Waals surface area contributed by atoms with Gasteiger partial charge in [0.2, 0.25) is 41.4 Å². The van der Waals surface area contributed by atoms with Gasteiger partial charge in [0, 0.05) is 6.42 Å². The van der Waals surface area contributed by atoms with Crippen molar-refractivity contribution in [3.63, 3.8) is 0 Å². The fourth-order valence-corrected chi connectivity index (χ4v) is 6.07. The average molecular weight is 829 g/mol. The Morgan fingerprint density at radius 3 is 1.69 bits per heavy atom. The molecule has 7 amide bonds. The highest BCUT2D eigenvalue weighted by Crippen LogP contribution is 2.13. The van der Waals surface area contributed by atoms with Crippen molar-refractivity contribution in [2.45, 2.75) is 89.6 Å². The number of nitrogens with two attached hydrogens (primary N) is 2. The van der Waals surface area contributed by atoms with Crippen molar-refractivity contribution in [2.24, 2.45) is 23.3 Å². The van der Waals surface area contributed by atoms with E-state index in [1.54, 1.807) is 70.2 Å². The Kier molecular flexibility index (Phi) is 20.2. The molecule has 0 heterocycles. The number of hydrogen-bond donors (Lipinski definition) is 10. The molecule has 0 aromatic heterocycles. The van der Waals surface area contributed by atoms with Gasteiger partial charge >= 0.3 is 5.97 Å². The van der Waals surface area contributed by atoms with Crippen LogP contribution in [0.5, 0.6) is 5.75 Å². The van der Waals surface area contributed by atoms with Crippen molar-refractivity contribution in [3.8, 4) is 5.75 Å². The predicted octanol–water partition coefficient (Wildman–Crippen LogP) is -0.930. The van der Waals surface area contributed by atoms with E-state index in [1.165, 1.54) is 23.9 Å². The van der Waals surface area contributed by atoms with Gasteiger partial charge in [-0.15, -0.1) is 0 Å². The van der Waals surface area contributed by atoms with Gasteiger partial charge in [0.25, 0.3) is 0 Å². The Hall–Kier alpha value is -5.69. The quantitative estimate of drug-likeness (QED) is 0.0614. The number of aliphatic carboxylic acids is 1. The third-order valence-electron chi connectivity index (χ3n) is 8.83. The summed E-state index contributed by atoms with van der Waals surface area (Å²) in [4.78, 5) is 104. The fourth-order valence-electron chi connectivity index (χ4n) is 5.60. The van der Waals surface area contributed by atoms with Gasteiger partial charge in [0.15, 0.2) is 0 Å². The molecular weight excluding hydrogens is 773 g/mol. The van der Waals surface area contributed by atoms with Gasteiger partial charge in [0.1, 0.15) is 36.0 Å². The molecule has 0 saturated carbocycles. The summed E-state index contributed by atoms with van der Waals surface area (Å²) >= 11 is 1.42. The van der Waals surface area contributed by atoms with Crippen molar-refractivity contribution in [3.05, 3.63) is 65.7 Å². The van der Waals surface area contributed by atoms with Crippen molar-refractivity contribution in [1.82, 2.24) is 31.9 Å². The van der Waals surface area contributed by atoms with Crippen molar-refractivity contribution in [1.29, 1.82) is 0 Å². The number of carbonyl (C=O) groups excluding carboxylic acids is 7. The summed E-state index contributed by atoms with van der Waals surface area (Å²) in [5.74, 6) is -7.58. The van der Waals surface area contributed by atoms with Crippen LogP contribution in [0.1, 0.15) is 51.7 Å². The lowest BCUT2D eigenvalue weighted by Gasteiger charge is -2.29. The molecule has 2 aromatic carbocycles. The smallest absolute Gasteiger partial charge is 0.305 e. The zero-order valence-corrected chi connectivity index (χ0v) is 34.1. The first-order valence-electron chi connectivity index (χ1n) is 18.7. The van der Waals surface area contributed by atoms with Crippen LogP contribution in [0.15, 0.2) is 54.6 Å². The first-order valence-corrected chi connectivity index (χ1v) is 20.1. The highest BCUT2D eigenvalue weighted by Gasteiger charge is 2.35. The first-order chi connectivity index (χ1) is 27.3. The van der Waals surface area contributed by atoms with E-state index < -0.39 is 108 Å². The Morgan fingerprint density at radius 1 is 0.638 bits per heavy atom. The molecule has 6 atom stereocenters. The standard InChI is InChI=1S/C39H56N8O10S/c1-21(2)32(38(56)42-20-30(41)49)47-39(57)33(22(3)4)46-37(55)29(19-31(50)51)45-36(54)28(18-23-9-7-6-8-10-23)44-35(53)27(15-16-58-5)43-34(52)26(40)17-24-11-13-25(48)14-12-24/h6-14,21-22,26-29,32-33,48H,15-20,40H2,1-5H3,(H2,41,49)(H,42,56)(H,43,52)(H,44,53)(H,45,54)(H,46,55)(H,47,57)(H,50,51)/t26-,27+,28-,29-,32-,33-/m0/s1. The predicted molar refractivity (Wildman–Crippen MR) is 217 cm³/mol. The lowest BCUT2D eigenvalue weighted by atomic mass is 9.99. The SMILES string of the molecule is CSCC[C@@H](NC(=O)[C@@H](N)Cc1ccc(O)cc1)C(=O)N[C@@H](Cc1ccccc1)C(=O)N[C@@H](CC(=O)O)C(=O)N[C@H](C(=O)N[C@H](C(=O)NCC(N)=O)C(C)C)C(C)C. The second-order valence-electron chi connectivity index (χ2n) is 14.4. The van der Waals surface area contributed by atoms with Crippen molar-refractivity contribution >= 4 is 59.1 Å². The molecule has 0 unspecified atom stereocenters. The second-order valence-corrected chi connectivity index (χ2v) is 15.4. The second kappa shape index (κ2) is 24.2. The minimum Gasteiger partial charge on any atom is -0.508 e. The topological polar surface area (TPSA) is 301 Å². The lowest BCUT2D eigenvalue weighted by Crippen LogP contribution is -2.61. The zero-order chi connectivity index (χ0) is 43.5. The molecule has 0 spiro atoms. The summed E-state index contributed by atoms with van der Waals surface area (Å²) in [6, 6.07) is 7.02. The first kappa shape index (κ1) is 48.5. The van der Waals surface area contributed by atoms with E-state index in [4.69, 9.17) is 11.5 Å². The van der Waals surface area contributed by atoms with Crippen LogP contribution >= 0.6 is 11.8 Å². The van der Waals surface area contributed by atoms with Crippen molar-refractivity contribution in [2.75, 3.05) is 18.6 Å². The third kappa shape index (κ3) is 16.8. The van der Waals surface area contributed by atoms with E-state index in [-0.39, 0.29) is 25.0 Å². The molecule has 12 N–H and O–H groups in total. The van der Waals surface area contributed by atoms with Crippen LogP contribution in [-0.4, -0.2) is 112 Å². The third-order valence-corrected chi connectivity index (χ3v) is 9.47. The van der Waals surface area contributed by atoms with E-state index in [0.717, 1.165) is 0 Å². The van der Waals surface area contributed by atoms with Gasteiger partial charge in [-0.3, -0.25) is 38.4 Å². The van der Waals surface area contributed by atoms with E-state index >= 15 is 0 Å². The largest absolute Gasteiger partial charge is 0.508 e. The van der Waals surface area contributed by atoms with Gasteiger partial charge in [-0.25, -0.2) is 0 Å². The number of hydrogen-bond acceptors (Lipinski definition) is 11. The summed E-state index contributed by atoms with van der Waals surface area (Å²) in [6.07, 6.45) is 1.10. The number of aromatic hydroxyl groups is 1. The maximum atomic E-state index is 13.9. The lowest BCUT2D eigenvalue weighted by molar-refractivity contribution is -0.141. The summed E-state index contributed by atoms with van der Waals surface area (Å²) < 4.78 is 0. The van der Waals surface area contributed by atoms with Crippen LogP contribution in [0.25, 0.3) is 0 Å². The van der Waals surface area contributed by atoms with Gasteiger partial charge in [-0.1, -0.05) is 70.2 Å². The molecule has 318 valence electrons. The number of benzene rings is 2. The Labute approximate surface area is 341 Å². The average Bonchev–Trinajstić information content (AvgIpc) is 3.16. The van der Waals surface area contributed by atoms with Crippen LogP contribution in [0, 0.1) is 11.8 Å². The molecule has 0 bridgehead atoms. The van der Waals surface area contributed by atoms with E-state index in [1.807, 2.05) is 6.26 Å². The highest BCUT2D eigenvalue weighted by atomic mass is 32.2. The van der Waals surface area contributed by atoms with Gasteiger partial charge in [-0.2, -0.15) is 11.8 Å². The van der Waals surface area contributed by atoms with Crippen LogP contribution in [0.2, 0.25) is 0 Å². The molecular formula is C39H56N8O10S. The van der Waals surface area contributed by atoms with Crippen LogP contribution in [0.3, 0.4) is 0 Å². The number of carboxylic acids is 1. The maximum Gasteiger partial charge on any atom is 0.305 e. The van der Waals surface area contributed by atoms with E-state index in [2.05, 4.69) is 31.9 Å². The molecule has 0 aliphatic carbocycles. The fraction of sp³-hybridized carbons (Fsp3) is 0.487. The minimum atomic E-state index is -1.72. The van der Waals surface area contributed by atoms with Gasteiger partial charge in [-0.05, 0) is 59.9 Å². The van der Waals surface area contributed by atoms with E-state index in [9.17, 15) is 48.6 Å². The summed E-state index contributed by atoms with van der Waals surface area (Å²) in [6.45, 7) is 6.03. The number of carbonyl (C=O) groups is 8. The van der Waals surface area contributed by atoms with Crippen molar-refractivity contribution < 1.29 is 48.6 Å². The number of thioether (sulfide) groups is 1. The number of carboxylic acid groups (broad SMARTS) is 1. The number of phenolic OH excluding ortho intramolecular Hbond substituents is 1. The Balaban J connectivity index is 2.32. The van der Waals surface area contributed by atoms with Gasteiger partial charge < -0.3 is 53.6 Å². The number of amides is 7. The number of phenols is 1. The van der Waals surface area contributed by atoms with Crippen LogP contribution < -0.4 is 43.4 Å². The number of nitrogens with one attached hydrogen (secondary N) is 6. The molecule has 2 aromatic rings. The summed E-state index contributed by atoms with van der Waals surface area (Å²) in [5, 5.41) is 34.4. The van der Waals surface area contributed by atoms with Crippen LogP contribution in [-0.2, 0) is 51.2 Å². The molecule has 0 aliphatic rings. The Morgan fingerprint density at radius 2 is 1.14 bits per heavy atom. The molecule has 58 heavy (non-hydrogen) atoms. The maximum absolute atomic E-state index is 13.9. The van der Waals surface area contributed by atoms with Gasteiger partial charge in [0.05, 0.1) is 19.0 Å². The normalized spacial score (nSPS) is 14.1. The molecule has 2 rings (SSSR count). The summed E-state index contributed by atoms with van der Waals surface area (Å²) in [5.41, 5.74) is 12.6. The monoisotopic (exact) mass is 828 g/mol. The molecule has 0 aliphatic heterocycles. The minimum absolute atomic E-state index is 0.0460. The van der Waals surface area contributed by atoms with Crippen LogP contribution in [0.4, 0.5) is 0 Å². The summed E-state index contributed by atoms with van der Waals surface area (Å²) in [7, 11) is 0. The molecule has 18 nitrogen and oxygen atoms in total. The zero-order valence-electron chi connectivity index (χ0n) is 33.3. The Bertz CT molecular complexity index is 1730. The number of primary amides is 1.